The molecule has 2 heterocycles. The monoisotopic (exact) mass is 365 g/mol. The van der Waals surface area contributed by atoms with Gasteiger partial charge in [-0.2, -0.15) is 0 Å². The fraction of sp³-hybridized carbons (Fsp3) is 0.471. The van der Waals surface area contributed by atoms with Gasteiger partial charge >= 0.3 is 0 Å². The molecule has 6 nitrogen and oxygen atoms in total. The number of nitrogens with zero attached hydrogens (tertiary/aromatic N) is 2. The molecule has 0 spiro atoms. The third-order valence-electron chi connectivity index (χ3n) is 4.46. The van der Waals surface area contributed by atoms with Crippen LogP contribution in [-0.2, 0) is 17.8 Å². The van der Waals surface area contributed by atoms with Crippen molar-refractivity contribution in [1.82, 2.24) is 10.2 Å². The van der Waals surface area contributed by atoms with E-state index >= 15 is 0 Å². The summed E-state index contributed by atoms with van der Waals surface area (Å²) in [4.78, 5) is 14.9. The third kappa shape index (κ3) is 5.29. The number of hydrogen-bond donors (Lipinski definition) is 3. The number of carbonyl (C=O) groups excluding carboxylic acids is 1. The molecule has 3 rings (SSSR count). The maximum Gasteiger partial charge on any atom is 0.281 e. The third-order valence-corrected chi connectivity index (χ3v) is 5.44. The van der Waals surface area contributed by atoms with E-state index in [2.05, 4.69) is 15.5 Å². The normalized spacial score (nSPS) is 20.4. The molecule has 1 aromatic carbocycles. The number of rotatable bonds is 6. The fourth-order valence-corrected chi connectivity index (χ4v) is 3.73. The van der Waals surface area contributed by atoms with Gasteiger partial charge in [-0.3, -0.25) is 10.1 Å². The Balaban J connectivity index is 1.41. The van der Waals surface area contributed by atoms with Crippen LogP contribution < -0.4 is 15.1 Å². The maximum absolute atomic E-state index is 13.0. The molecule has 0 aliphatic carbocycles. The summed E-state index contributed by atoms with van der Waals surface area (Å²) < 4.78 is 13.0. The van der Waals surface area contributed by atoms with Crippen LogP contribution in [0.4, 0.5) is 9.52 Å². The Morgan fingerprint density at radius 1 is 1.16 bits per heavy atom. The molecule has 0 bridgehead atoms. The topological polar surface area (TPSA) is 63.8 Å². The van der Waals surface area contributed by atoms with E-state index in [0.717, 1.165) is 49.7 Å². The molecule has 1 aliphatic rings. The molecule has 3 N–H and O–H groups in total. The molecular formula is C17H24FN5OS+2. The number of nitrogens with one attached hydrogen (secondary N) is 3. The zero-order valence-electron chi connectivity index (χ0n) is 14.3. The van der Waals surface area contributed by atoms with Crippen LogP contribution in [0.15, 0.2) is 24.3 Å². The van der Waals surface area contributed by atoms with E-state index in [1.807, 2.05) is 19.1 Å². The molecule has 1 saturated heterocycles. The number of amides is 1. The first-order chi connectivity index (χ1) is 12.1. The number of halogens is 1. The maximum atomic E-state index is 13.0. The average molecular weight is 365 g/mol. The minimum absolute atomic E-state index is 0.00390. The summed E-state index contributed by atoms with van der Waals surface area (Å²) in [6.07, 6.45) is 0.831. The summed E-state index contributed by atoms with van der Waals surface area (Å²) in [6.45, 7) is 7.33. The summed E-state index contributed by atoms with van der Waals surface area (Å²) in [5, 5.41) is 12.4. The van der Waals surface area contributed by atoms with E-state index < -0.39 is 0 Å². The number of benzene rings is 1. The zero-order chi connectivity index (χ0) is 17.6. The van der Waals surface area contributed by atoms with Gasteiger partial charge in [0.15, 0.2) is 6.54 Å². The van der Waals surface area contributed by atoms with Crippen molar-refractivity contribution in [2.24, 2.45) is 0 Å². The van der Waals surface area contributed by atoms with Crippen LogP contribution in [-0.4, -0.2) is 48.8 Å². The highest BCUT2D eigenvalue weighted by molar-refractivity contribution is 7.15. The van der Waals surface area contributed by atoms with Crippen LogP contribution >= 0.6 is 11.3 Å². The van der Waals surface area contributed by atoms with Crippen molar-refractivity contribution in [3.63, 3.8) is 0 Å². The molecule has 1 fully saturated rings. The Hall–Kier alpha value is -1.90. The molecule has 25 heavy (non-hydrogen) atoms. The number of carbonyl (C=O) groups is 1. The van der Waals surface area contributed by atoms with Crippen molar-refractivity contribution in [3.05, 3.63) is 40.7 Å². The van der Waals surface area contributed by atoms with Gasteiger partial charge < -0.3 is 9.80 Å². The van der Waals surface area contributed by atoms with Gasteiger partial charge in [-0.25, -0.2) is 4.39 Å². The van der Waals surface area contributed by atoms with Crippen molar-refractivity contribution in [2.75, 3.05) is 38.0 Å². The first kappa shape index (κ1) is 17.9. The summed E-state index contributed by atoms with van der Waals surface area (Å²) in [5.74, 6) is -0.198. The Labute approximate surface area is 150 Å². The first-order valence-electron chi connectivity index (χ1n) is 8.66. The van der Waals surface area contributed by atoms with Gasteiger partial charge in [0.25, 0.3) is 5.91 Å². The minimum atomic E-state index is -0.194. The Bertz CT molecular complexity index is 697. The number of hydrogen-bond acceptors (Lipinski definition) is 4. The fourth-order valence-electron chi connectivity index (χ4n) is 3.04. The van der Waals surface area contributed by atoms with Crippen LogP contribution in [0.3, 0.4) is 0 Å². The molecule has 1 aliphatic heterocycles. The molecular weight excluding hydrogens is 341 g/mol. The van der Waals surface area contributed by atoms with Gasteiger partial charge in [-0.1, -0.05) is 30.4 Å². The van der Waals surface area contributed by atoms with Crippen molar-refractivity contribution in [1.29, 1.82) is 0 Å². The molecule has 0 saturated carbocycles. The average Bonchev–Trinajstić information content (AvgIpc) is 3.06. The minimum Gasteiger partial charge on any atom is -0.322 e. The van der Waals surface area contributed by atoms with Gasteiger partial charge in [-0.05, 0) is 18.6 Å². The number of piperazine rings is 1. The van der Waals surface area contributed by atoms with E-state index in [1.54, 1.807) is 0 Å². The standard InChI is InChI=1S/C17H22FN5OS/c1-2-16-20-21-17(25-16)19-15(24)12-23-9-7-22(8-10-23)11-13-3-5-14(18)6-4-13/h3-6H,2,7-12H2,1H3,(H,19,21,24)/p+2. The SMILES string of the molecule is CCc1nnc(NC(=O)C[NH+]2CC[NH+](Cc3ccc(F)cc3)CC2)s1. The summed E-state index contributed by atoms with van der Waals surface area (Å²) in [7, 11) is 0. The highest BCUT2D eigenvalue weighted by Crippen LogP contribution is 2.14. The first-order valence-corrected chi connectivity index (χ1v) is 9.48. The van der Waals surface area contributed by atoms with Crippen molar-refractivity contribution in [3.8, 4) is 0 Å². The largest absolute Gasteiger partial charge is 0.322 e. The Morgan fingerprint density at radius 2 is 1.84 bits per heavy atom. The smallest absolute Gasteiger partial charge is 0.281 e. The van der Waals surface area contributed by atoms with E-state index in [9.17, 15) is 9.18 Å². The predicted octanol–water partition coefficient (Wildman–Crippen LogP) is -0.838. The lowest BCUT2D eigenvalue weighted by Gasteiger charge is -2.29. The van der Waals surface area contributed by atoms with E-state index in [0.29, 0.717) is 11.7 Å². The van der Waals surface area contributed by atoms with E-state index in [1.165, 1.54) is 33.3 Å². The van der Waals surface area contributed by atoms with Gasteiger partial charge in [0.2, 0.25) is 5.13 Å². The van der Waals surface area contributed by atoms with Crippen molar-refractivity contribution >= 4 is 22.4 Å². The zero-order valence-corrected chi connectivity index (χ0v) is 15.2. The number of anilines is 1. The van der Waals surface area contributed by atoms with Gasteiger partial charge in [0, 0.05) is 5.56 Å². The highest BCUT2D eigenvalue weighted by atomic mass is 32.1. The van der Waals surface area contributed by atoms with Gasteiger partial charge in [0.1, 0.15) is 43.5 Å². The van der Waals surface area contributed by atoms with Crippen LogP contribution in [0, 0.1) is 5.82 Å². The van der Waals surface area contributed by atoms with E-state index in [4.69, 9.17) is 0 Å². The van der Waals surface area contributed by atoms with Crippen molar-refractivity contribution in [2.45, 2.75) is 19.9 Å². The number of aromatic nitrogens is 2. The Morgan fingerprint density at radius 3 is 2.48 bits per heavy atom. The summed E-state index contributed by atoms with van der Waals surface area (Å²) in [6, 6.07) is 6.72. The van der Waals surface area contributed by atoms with Crippen LogP contribution in [0.25, 0.3) is 0 Å². The van der Waals surface area contributed by atoms with Crippen LogP contribution in [0.1, 0.15) is 17.5 Å². The molecule has 0 radical (unpaired) electrons. The molecule has 2 aromatic rings. The lowest BCUT2D eigenvalue weighted by molar-refractivity contribution is -1.02. The number of quaternary nitrogens is 2. The molecule has 0 unspecified atom stereocenters. The van der Waals surface area contributed by atoms with E-state index in [-0.39, 0.29) is 11.7 Å². The second kappa shape index (κ2) is 8.46. The lowest BCUT2D eigenvalue weighted by atomic mass is 10.2. The lowest BCUT2D eigenvalue weighted by Crippen LogP contribution is -3.28. The quantitative estimate of drug-likeness (QED) is 0.626. The van der Waals surface area contributed by atoms with Crippen LogP contribution in [0.5, 0.6) is 0 Å². The summed E-state index contributed by atoms with van der Waals surface area (Å²) >= 11 is 1.43. The second-order valence-electron chi connectivity index (χ2n) is 6.38. The highest BCUT2D eigenvalue weighted by Gasteiger charge is 2.25. The molecule has 0 atom stereocenters. The molecule has 1 amide bonds. The second-order valence-corrected chi connectivity index (χ2v) is 7.44. The van der Waals surface area contributed by atoms with Gasteiger partial charge in [-0.15, -0.1) is 10.2 Å². The molecule has 8 heteroatoms. The molecule has 1 aromatic heterocycles. The Kier molecular flexibility index (Phi) is 6.06. The van der Waals surface area contributed by atoms with Crippen molar-refractivity contribution < 1.29 is 19.0 Å². The summed E-state index contributed by atoms with van der Waals surface area (Å²) in [5.41, 5.74) is 1.15. The molecule has 134 valence electrons. The predicted molar refractivity (Wildman–Crippen MR) is 94.3 cm³/mol. The number of aryl methyl sites for hydroxylation is 1. The van der Waals surface area contributed by atoms with Gasteiger partial charge in [0.05, 0.1) is 0 Å². The van der Waals surface area contributed by atoms with Crippen LogP contribution in [0.2, 0.25) is 0 Å².